The number of halogens is 2. The average Bonchev–Trinajstić information content (AvgIpc) is 2.86. The Morgan fingerprint density at radius 2 is 1.89 bits per heavy atom. The first kappa shape index (κ1) is 13.0. The zero-order valence-electron chi connectivity index (χ0n) is 11.0. The number of ether oxygens (including phenoxy) is 1. The Morgan fingerprint density at radius 1 is 1.11 bits per heavy atom. The quantitative estimate of drug-likeness (QED) is 0.816. The molecule has 104 valence electrons. The average molecular weight is 267 g/mol. The molecule has 0 aromatic heterocycles. The van der Waals surface area contributed by atoms with Crippen molar-refractivity contribution in [3.63, 3.8) is 0 Å². The van der Waals surface area contributed by atoms with Crippen LogP contribution >= 0.6 is 0 Å². The van der Waals surface area contributed by atoms with E-state index in [4.69, 9.17) is 4.74 Å². The van der Waals surface area contributed by atoms with Gasteiger partial charge in [-0.2, -0.15) is 0 Å². The van der Waals surface area contributed by atoms with Gasteiger partial charge < -0.3 is 4.74 Å². The standard InChI is InChI=1S/C15H19F2NO/c16-13-3-2-12(10-14(13)17)11-18-7-5-15(6-8-18)4-1-9-19-15/h2-3,10H,1,4-9,11H2. The van der Waals surface area contributed by atoms with Crippen molar-refractivity contribution in [1.82, 2.24) is 4.90 Å². The third kappa shape index (κ3) is 2.79. The molecule has 0 aliphatic carbocycles. The van der Waals surface area contributed by atoms with E-state index in [2.05, 4.69) is 4.90 Å². The number of rotatable bonds is 2. The second-order valence-corrected chi connectivity index (χ2v) is 5.66. The topological polar surface area (TPSA) is 12.5 Å². The second-order valence-electron chi connectivity index (χ2n) is 5.66. The third-order valence-electron chi connectivity index (χ3n) is 4.34. The molecule has 2 aliphatic rings. The summed E-state index contributed by atoms with van der Waals surface area (Å²) < 4.78 is 31.9. The number of piperidine rings is 1. The molecule has 1 spiro atoms. The van der Waals surface area contributed by atoms with Crippen LogP contribution in [-0.2, 0) is 11.3 Å². The molecule has 0 N–H and O–H groups in total. The van der Waals surface area contributed by atoms with E-state index in [0.29, 0.717) is 6.54 Å². The van der Waals surface area contributed by atoms with E-state index >= 15 is 0 Å². The molecule has 0 bridgehead atoms. The van der Waals surface area contributed by atoms with Crippen molar-refractivity contribution in [1.29, 1.82) is 0 Å². The highest BCUT2D eigenvalue weighted by molar-refractivity contribution is 5.17. The second kappa shape index (κ2) is 5.17. The number of benzene rings is 1. The van der Waals surface area contributed by atoms with Crippen molar-refractivity contribution in [2.45, 2.75) is 37.8 Å². The Bertz CT molecular complexity index is 447. The molecular weight excluding hydrogens is 248 g/mol. The Hall–Kier alpha value is -1.00. The molecule has 1 aromatic rings. The number of hydrogen-bond acceptors (Lipinski definition) is 2. The number of hydrogen-bond donors (Lipinski definition) is 0. The van der Waals surface area contributed by atoms with Gasteiger partial charge in [0, 0.05) is 26.2 Å². The number of likely N-dealkylation sites (tertiary alicyclic amines) is 1. The summed E-state index contributed by atoms with van der Waals surface area (Å²) >= 11 is 0. The van der Waals surface area contributed by atoms with E-state index in [1.54, 1.807) is 6.07 Å². The lowest BCUT2D eigenvalue weighted by molar-refractivity contribution is -0.0447. The Kier molecular flexibility index (Phi) is 3.54. The largest absolute Gasteiger partial charge is 0.375 e. The van der Waals surface area contributed by atoms with Crippen LogP contribution in [0.5, 0.6) is 0 Å². The van der Waals surface area contributed by atoms with E-state index in [0.717, 1.165) is 38.1 Å². The van der Waals surface area contributed by atoms with Gasteiger partial charge in [0.2, 0.25) is 0 Å². The highest BCUT2D eigenvalue weighted by atomic mass is 19.2. The first-order chi connectivity index (χ1) is 9.17. The molecule has 2 aliphatic heterocycles. The maximum atomic E-state index is 13.2. The van der Waals surface area contributed by atoms with Crippen LogP contribution in [-0.4, -0.2) is 30.2 Å². The zero-order valence-corrected chi connectivity index (χ0v) is 11.0. The minimum absolute atomic E-state index is 0.116. The zero-order chi connectivity index (χ0) is 13.3. The van der Waals surface area contributed by atoms with Crippen molar-refractivity contribution in [3.05, 3.63) is 35.4 Å². The van der Waals surface area contributed by atoms with Gasteiger partial charge in [-0.15, -0.1) is 0 Å². The molecule has 0 radical (unpaired) electrons. The van der Waals surface area contributed by atoms with Crippen LogP contribution in [0.15, 0.2) is 18.2 Å². The van der Waals surface area contributed by atoms with Gasteiger partial charge >= 0.3 is 0 Å². The first-order valence-electron chi connectivity index (χ1n) is 6.97. The molecule has 2 saturated heterocycles. The minimum Gasteiger partial charge on any atom is -0.375 e. The lowest BCUT2D eigenvalue weighted by atomic mass is 9.88. The summed E-state index contributed by atoms with van der Waals surface area (Å²) in [5.41, 5.74) is 0.951. The maximum absolute atomic E-state index is 13.2. The van der Waals surface area contributed by atoms with Crippen LogP contribution in [0, 0.1) is 11.6 Å². The Labute approximate surface area is 112 Å². The summed E-state index contributed by atoms with van der Waals surface area (Å²) in [4.78, 5) is 2.29. The molecule has 3 rings (SSSR count). The van der Waals surface area contributed by atoms with Crippen LogP contribution < -0.4 is 0 Å². The van der Waals surface area contributed by atoms with Gasteiger partial charge in [0.25, 0.3) is 0 Å². The van der Waals surface area contributed by atoms with Crippen molar-refractivity contribution in [3.8, 4) is 0 Å². The molecule has 0 saturated carbocycles. The van der Waals surface area contributed by atoms with E-state index < -0.39 is 11.6 Å². The van der Waals surface area contributed by atoms with Crippen LogP contribution in [0.3, 0.4) is 0 Å². The number of nitrogens with zero attached hydrogens (tertiary/aromatic N) is 1. The van der Waals surface area contributed by atoms with Gasteiger partial charge in [0.1, 0.15) is 0 Å². The first-order valence-corrected chi connectivity index (χ1v) is 6.97. The van der Waals surface area contributed by atoms with Gasteiger partial charge in [-0.05, 0) is 43.4 Å². The SMILES string of the molecule is Fc1ccc(CN2CCC3(CCCO3)CC2)cc1F. The van der Waals surface area contributed by atoms with Crippen LogP contribution in [0.4, 0.5) is 8.78 Å². The lowest BCUT2D eigenvalue weighted by Gasteiger charge is -2.38. The van der Waals surface area contributed by atoms with E-state index in [-0.39, 0.29) is 5.60 Å². The summed E-state index contributed by atoms with van der Waals surface area (Å²) in [6, 6.07) is 4.16. The molecule has 0 atom stereocenters. The minimum atomic E-state index is -0.777. The molecule has 19 heavy (non-hydrogen) atoms. The van der Waals surface area contributed by atoms with E-state index in [9.17, 15) is 8.78 Å². The highest BCUT2D eigenvalue weighted by Gasteiger charge is 2.38. The van der Waals surface area contributed by atoms with Gasteiger partial charge in [-0.3, -0.25) is 4.90 Å². The molecule has 0 amide bonds. The molecule has 2 nitrogen and oxygen atoms in total. The molecule has 2 heterocycles. The smallest absolute Gasteiger partial charge is 0.159 e. The molecule has 2 fully saturated rings. The molecular formula is C15H19F2NO. The Morgan fingerprint density at radius 3 is 2.53 bits per heavy atom. The van der Waals surface area contributed by atoms with Crippen LogP contribution in [0.25, 0.3) is 0 Å². The summed E-state index contributed by atoms with van der Waals surface area (Å²) in [6.07, 6.45) is 4.45. The molecule has 4 heteroatoms. The predicted octanol–water partition coefficient (Wildman–Crippen LogP) is 3.11. The summed E-state index contributed by atoms with van der Waals surface area (Å²) in [6.45, 7) is 3.52. The van der Waals surface area contributed by atoms with Gasteiger partial charge in [-0.25, -0.2) is 8.78 Å². The Balaban J connectivity index is 1.58. The maximum Gasteiger partial charge on any atom is 0.159 e. The van der Waals surface area contributed by atoms with Crippen molar-refractivity contribution in [2.75, 3.05) is 19.7 Å². The van der Waals surface area contributed by atoms with Gasteiger partial charge in [0.15, 0.2) is 11.6 Å². The fourth-order valence-electron chi connectivity index (χ4n) is 3.16. The van der Waals surface area contributed by atoms with Crippen molar-refractivity contribution < 1.29 is 13.5 Å². The van der Waals surface area contributed by atoms with Crippen LogP contribution in [0.2, 0.25) is 0 Å². The fraction of sp³-hybridized carbons (Fsp3) is 0.600. The van der Waals surface area contributed by atoms with Crippen molar-refractivity contribution in [2.24, 2.45) is 0 Å². The van der Waals surface area contributed by atoms with Gasteiger partial charge in [0.05, 0.1) is 5.60 Å². The summed E-state index contributed by atoms with van der Waals surface area (Å²) in [7, 11) is 0. The van der Waals surface area contributed by atoms with E-state index in [1.165, 1.54) is 25.0 Å². The predicted molar refractivity (Wildman–Crippen MR) is 68.8 cm³/mol. The van der Waals surface area contributed by atoms with E-state index in [1.807, 2.05) is 0 Å². The van der Waals surface area contributed by atoms with Crippen LogP contribution in [0.1, 0.15) is 31.2 Å². The van der Waals surface area contributed by atoms with Crippen molar-refractivity contribution >= 4 is 0 Å². The van der Waals surface area contributed by atoms with Gasteiger partial charge in [-0.1, -0.05) is 6.07 Å². The summed E-state index contributed by atoms with van der Waals surface area (Å²) in [5.74, 6) is -1.54. The third-order valence-corrected chi connectivity index (χ3v) is 4.34. The normalized spacial score (nSPS) is 23.1. The summed E-state index contributed by atoms with van der Waals surface area (Å²) in [5, 5.41) is 0. The highest BCUT2D eigenvalue weighted by Crippen LogP contribution is 2.35. The molecule has 0 unspecified atom stereocenters. The fourth-order valence-corrected chi connectivity index (χ4v) is 3.16. The monoisotopic (exact) mass is 267 g/mol. The molecule has 1 aromatic carbocycles. The lowest BCUT2D eigenvalue weighted by Crippen LogP contribution is -2.43.